The highest BCUT2D eigenvalue weighted by atomic mass is 32.2. The van der Waals surface area contributed by atoms with E-state index in [-0.39, 0.29) is 17.0 Å². The Morgan fingerprint density at radius 2 is 1.64 bits per heavy atom. The molecule has 6 nitrogen and oxygen atoms in total. The van der Waals surface area contributed by atoms with Crippen molar-refractivity contribution in [1.82, 2.24) is 0 Å². The molecular weight excluding hydrogens is 378 g/mol. The summed E-state index contributed by atoms with van der Waals surface area (Å²) in [5.74, 6) is -1.05. The van der Waals surface area contributed by atoms with Crippen LogP contribution in [0.25, 0.3) is 0 Å². The Morgan fingerprint density at radius 1 is 0.964 bits per heavy atom. The van der Waals surface area contributed by atoms with Crippen molar-refractivity contribution in [3.8, 4) is 5.75 Å². The van der Waals surface area contributed by atoms with Gasteiger partial charge < -0.3 is 14.6 Å². The molecule has 0 N–H and O–H groups in total. The molecule has 144 valence electrons. The minimum absolute atomic E-state index is 0.0547. The molecule has 0 aliphatic rings. The highest BCUT2D eigenvalue weighted by molar-refractivity contribution is 7.92. The van der Waals surface area contributed by atoms with E-state index in [1.54, 1.807) is 24.3 Å². The van der Waals surface area contributed by atoms with Crippen molar-refractivity contribution in [3.63, 3.8) is 0 Å². The fourth-order valence-corrected chi connectivity index (χ4v) is 4.31. The molecule has 0 amide bonds. The minimum atomic E-state index is -4.08. The van der Waals surface area contributed by atoms with Gasteiger partial charge in [-0.25, -0.2) is 8.42 Å². The van der Waals surface area contributed by atoms with Crippen molar-refractivity contribution in [2.45, 2.75) is 11.4 Å². The number of benzene rings is 3. The van der Waals surface area contributed by atoms with Gasteiger partial charge in [0.2, 0.25) is 0 Å². The summed E-state index contributed by atoms with van der Waals surface area (Å²) in [5, 5.41) is 11.2. The van der Waals surface area contributed by atoms with E-state index in [2.05, 4.69) is 0 Å². The fraction of sp³-hybridized carbons (Fsp3) is 0.0952. The van der Waals surface area contributed by atoms with E-state index in [4.69, 9.17) is 4.74 Å². The van der Waals surface area contributed by atoms with Gasteiger partial charge in [-0.3, -0.25) is 4.31 Å². The number of anilines is 1. The number of sulfonamides is 1. The fourth-order valence-electron chi connectivity index (χ4n) is 2.80. The molecule has 0 saturated heterocycles. The van der Waals surface area contributed by atoms with Crippen LogP contribution in [0, 0.1) is 0 Å². The van der Waals surface area contributed by atoms with Gasteiger partial charge in [-0.05, 0) is 35.4 Å². The van der Waals surface area contributed by atoms with E-state index in [9.17, 15) is 18.3 Å². The second-order valence-corrected chi connectivity index (χ2v) is 7.85. The zero-order chi connectivity index (χ0) is 20.1. The number of nitrogens with zero attached hydrogens (tertiary/aromatic N) is 1. The summed E-state index contributed by atoms with van der Waals surface area (Å²) >= 11 is 0. The zero-order valence-corrected chi connectivity index (χ0v) is 15.9. The van der Waals surface area contributed by atoms with Gasteiger partial charge in [0.1, 0.15) is 5.75 Å². The van der Waals surface area contributed by atoms with Crippen LogP contribution >= 0.6 is 0 Å². The Hall–Kier alpha value is -3.32. The van der Waals surface area contributed by atoms with E-state index in [1.165, 1.54) is 29.6 Å². The third-order valence-electron chi connectivity index (χ3n) is 4.18. The maximum atomic E-state index is 13.4. The molecule has 0 aliphatic heterocycles. The third kappa shape index (κ3) is 3.99. The average molecular weight is 396 g/mol. The normalized spacial score (nSPS) is 11.0. The van der Waals surface area contributed by atoms with Crippen LogP contribution in [0.4, 0.5) is 5.69 Å². The molecule has 0 aromatic heterocycles. The van der Waals surface area contributed by atoms with Gasteiger partial charge in [0.05, 0.1) is 30.2 Å². The van der Waals surface area contributed by atoms with Crippen molar-refractivity contribution in [1.29, 1.82) is 0 Å². The number of hydrogen-bond donors (Lipinski definition) is 0. The van der Waals surface area contributed by atoms with Crippen LogP contribution in [0.3, 0.4) is 0 Å². The maximum absolute atomic E-state index is 13.4. The molecule has 7 heteroatoms. The SMILES string of the molecule is COc1ccccc1N(Cc1ccccc1)S(=O)(=O)c1cccc(C(=O)[O-])c1. The van der Waals surface area contributed by atoms with Crippen molar-refractivity contribution in [2.24, 2.45) is 0 Å². The Labute approximate surface area is 163 Å². The maximum Gasteiger partial charge on any atom is 0.264 e. The molecular formula is C21H18NO5S-. The number of para-hydroxylation sites is 2. The molecule has 28 heavy (non-hydrogen) atoms. The van der Waals surface area contributed by atoms with Crippen molar-refractivity contribution in [3.05, 3.63) is 90.0 Å². The number of methoxy groups -OCH3 is 1. The lowest BCUT2D eigenvalue weighted by molar-refractivity contribution is -0.255. The van der Waals surface area contributed by atoms with Crippen molar-refractivity contribution >= 4 is 21.7 Å². The molecule has 0 aliphatic carbocycles. The summed E-state index contributed by atoms with van der Waals surface area (Å²) in [6.07, 6.45) is 0. The second-order valence-electron chi connectivity index (χ2n) is 5.98. The number of aromatic carboxylic acids is 1. The monoisotopic (exact) mass is 396 g/mol. The standard InChI is InChI=1S/C21H19NO5S/c1-27-20-13-6-5-12-19(20)22(15-16-8-3-2-4-9-16)28(25,26)18-11-7-10-17(14-18)21(23)24/h2-14H,15H2,1H3,(H,23,24)/p-1. The van der Waals surface area contributed by atoms with Crippen LogP contribution in [0.15, 0.2) is 83.8 Å². The van der Waals surface area contributed by atoms with E-state index in [0.29, 0.717) is 11.4 Å². The second kappa shape index (κ2) is 8.14. The third-order valence-corrected chi connectivity index (χ3v) is 5.94. The summed E-state index contributed by atoms with van der Waals surface area (Å²) in [7, 11) is -2.62. The Morgan fingerprint density at radius 3 is 2.32 bits per heavy atom. The van der Waals surface area contributed by atoms with Crippen LogP contribution in [-0.2, 0) is 16.6 Å². The summed E-state index contributed by atoms with van der Waals surface area (Å²) in [6, 6.07) is 21.0. The largest absolute Gasteiger partial charge is 0.545 e. The van der Waals surface area contributed by atoms with Gasteiger partial charge in [0.15, 0.2) is 0 Å². The first-order valence-corrected chi connectivity index (χ1v) is 9.88. The number of carboxylic acid groups (broad SMARTS) is 1. The van der Waals surface area contributed by atoms with Gasteiger partial charge in [-0.2, -0.15) is 0 Å². The van der Waals surface area contributed by atoms with E-state index in [1.807, 2.05) is 30.3 Å². The van der Waals surface area contributed by atoms with Crippen LogP contribution < -0.4 is 14.1 Å². The number of hydrogen-bond acceptors (Lipinski definition) is 5. The minimum Gasteiger partial charge on any atom is -0.545 e. The number of carbonyl (C=O) groups is 1. The van der Waals surface area contributed by atoms with Gasteiger partial charge >= 0.3 is 0 Å². The molecule has 0 unspecified atom stereocenters. The zero-order valence-electron chi connectivity index (χ0n) is 15.1. The highest BCUT2D eigenvalue weighted by Gasteiger charge is 2.27. The first-order chi connectivity index (χ1) is 13.4. The topological polar surface area (TPSA) is 86.7 Å². The molecule has 0 spiro atoms. The van der Waals surface area contributed by atoms with Crippen molar-refractivity contribution in [2.75, 3.05) is 11.4 Å². The summed E-state index contributed by atoms with van der Waals surface area (Å²) in [6.45, 7) is 0.0547. The lowest BCUT2D eigenvalue weighted by atomic mass is 10.2. The average Bonchev–Trinajstić information content (AvgIpc) is 2.72. The lowest BCUT2D eigenvalue weighted by Gasteiger charge is -2.26. The molecule has 0 saturated carbocycles. The predicted molar refractivity (Wildman–Crippen MR) is 104 cm³/mol. The molecule has 3 aromatic carbocycles. The number of carbonyl (C=O) groups excluding carboxylic acids is 1. The number of rotatable bonds is 7. The number of ether oxygens (including phenoxy) is 1. The molecule has 0 bridgehead atoms. The van der Waals surface area contributed by atoms with E-state index >= 15 is 0 Å². The number of carboxylic acids is 1. The quantitative estimate of drug-likeness (QED) is 0.612. The Balaban J connectivity index is 2.15. The van der Waals surface area contributed by atoms with Gasteiger partial charge in [0, 0.05) is 0 Å². The van der Waals surface area contributed by atoms with E-state index in [0.717, 1.165) is 11.6 Å². The Kier molecular flexibility index (Phi) is 5.65. The van der Waals surface area contributed by atoms with Crippen LogP contribution in [0.2, 0.25) is 0 Å². The van der Waals surface area contributed by atoms with Gasteiger partial charge in [-0.1, -0.05) is 54.6 Å². The van der Waals surface area contributed by atoms with Crippen LogP contribution in [0.5, 0.6) is 5.75 Å². The molecule has 3 rings (SSSR count). The smallest absolute Gasteiger partial charge is 0.264 e. The Bertz CT molecular complexity index is 1080. The molecule has 0 fully saturated rings. The first kappa shape index (κ1) is 19.4. The molecule has 0 atom stereocenters. The summed E-state index contributed by atoms with van der Waals surface area (Å²) in [5.41, 5.74) is 0.918. The van der Waals surface area contributed by atoms with Crippen molar-refractivity contribution < 1.29 is 23.1 Å². The summed E-state index contributed by atoms with van der Waals surface area (Å²) in [4.78, 5) is 11.0. The van der Waals surface area contributed by atoms with Gasteiger partial charge in [-0.15, -0.1) is 0 Å². The first-order valence-electron chi connectivity index (χ1n) is 8.44. The predicted octanol–water partition coefficient (Wildman–Crippen LogP) is 2.45. The highest BCUT2D eigenvalue weighted by Crippen LogP contribution is 2.33. The summed E-state index contributed by atoms with van der Waals surface area (Å²) < 4.78 is 33.4. The van der Waals surface area contributed by atoms with Gasteiger partial charge in [0.25, 0.3) is 10.0 Å². The molecule has 0 heterocycles. The molecule has 0 radical (unpaired) electrons. The molecule has 3 aromatic rings. The van der Waals surface area contributed by atoms with Crippen LogP contribution in [0.1, 0.15) is 15.9 Å². The van der Waals surface area contributed by atoms with E-state index < -0.39 is 16.0 Å². The van der Waals surface area contributed by atoms with Crippen LogP contribution in [-0.4, -0.2) is 21.5 Å². The lowest BCUT2D eigenvalue weighted by Crippen LogP contribution is -2.31.